The molecular formula is C14H18N4O3S. The molecule has 7 nitrogen and oxygen atoms in total. The lowest BCUT2D eigenvalue weighted by Crippen LogP contribution is -2.30. The van der Waals surface area contributed by atoms with E-state index in [9.17, 15) is 8.42 Å². The number of anilines is 1. The van der Waals surface area contributed by atoms with Crippen molar-refractivity contribution in [1.82, 2.24) is 14.3 Å². The molecule has 0 spiro atoms. The van der Waals surface area contributed by atoms with Crippen molar-refractivity contribution in [2.45, 2.75) is 11.4 Å². The largest absolute Gasteiger partial charge is 0.395 e. The summed E-state index contributed by atoms with van der Waals surface area (Å²) in [5.41, 5.74) is 0.611. The van der Waals surface area contributed by atoms with E-state index in [2.05, 4.69) is 15.3 Å². The smallest absolute Gasteiger partial charge is 0.243 e. The third-order valence-electron chi connectivity index (χ3n) is 3.08. The lowest BCUT2D eigenvalue weighted by Gasteiger charge is -2.18. The van der Waals surface area contributed by atoms with E-state index in [1.54, 1.807) is 42.7 Å². The van der Waals surface area contributed by atoms with Crippen molar-refractivity contribution < 1.29 is 13.5 Å². The van der Waals surface area contributed by atoms with Gasteiger partial charge in [0.1, 0.15) is 0 Å². The first kappa shape index (κ1) is 16.3. The van der Waals surface area contributed by atoms with Gasteiger partial charge in [0, 0.05) is 32.5 Å². The lowest BCUT2D eigenvalue weighted by molar-refractivity contribution is 0.266. The van der Waals surface area contributed by atoms with Crippen LogP contribution in [-0.2, 0) is 16.6 Å². The standard InChI is InChI=1S/C14H18N4O3S/c1-18(9-10-19)22(20,21)13-6-3-2-5-12(13)11-17-14-15-7-4-8-16-14/h2-8,19H,9-11H2,1H3,(H,15,16,17). The van der Waals surface area contributed by atoms with E-state index in [1.165, 1.54) is 7.05 Å². The first-order valence-corrected chi connectivity index (χ1v) is 8.15. The van der Waals surface area contributed by atoms with Crippen LogP contribution in [0.5, 0.6) is 0 Å². The van der Waals surface area contributed by atoms with Gasteiger partial charge >= 0.3 is 0 Å². The van der Waals surface area contributed by atoms with Gasteiger partial charge in [0.2, 0.25) is 16.0 Å². The highest BCUT2D eigenvalue weighted by molar-refractivity contribution is 7.89. The minimum absolute atomic E-state index is 0.0475. The molecule has 0 fully saturated rings. The number of hydrogen-bond acceptors (Lipinski definition) is 6. The SMILES string of the molecule is CN(CCO)S(=O)(=O)c1ccccc1CNc1ncccn1. The molecule has 118 valence electrons. The first-order chi connectivity index (χ1) is 10.6. The molecule has 2 rings (SSSR count). The van der Waals surface area contributed by atoms with Crippen LogP contribution in [0.1, 0.15) is 5.56 Å². The van der Waals surface area contributed by atoms with Crippen LogP contribution in [0.2, 0.25) is 0 Å². The van der Waals surface area contributed by atoms with Crippen molar-refractivity contribution in [3.63, 3.8) is 0 Å². The molecule has 8 heteroatoms. The Morgan fingerprint density at radius 2 is 1.86 bits per heavy atom. The highest BCUT2D eigenvalue weighted by Crippen LogP contribution is 2.19. The fraction of sp³-hybridized carbons (Fsp3) is 0.286. The second kappa shape index (κ2) is 7.30. The summed E-state index contributed by atoms with van der Waals surface area (Å²) in [6.45, 7) is 0.103. The Balaban J connectivity index is 2.23. The maximum absolute atomic E-state index is 12.5. The van der Waals surface area contributed by atoms with Crippen molar-refractivity contribution in [2.24, 2.45) is 0 Å². The summed E-state index contributed by atoms with van der Waals surface area (Å²) in [5, 5.41) is 11.9. The lowest BCUT2D eigenvalue weighted by atomic mass is 10.2. The molecule has 1 aromatic heterocycles. The van der Waals surface area contributed by atoms with Crippen molar-refractivity contribution in [1.29, 1.82) is 0 Å². The summed E-state index contributed by atoms with van der Waals surface area (Å²) in [6.07, 6.45) is 3.21. The number of aliphatic hydroxyl groups is 1. The quantitative estimate of drug-likeness (QED) is 0.779. The van der Waals surface area contributed by atoms with Crippen molar-refractivity contribution >= 4 is 16.0 Å². The highest BCUT2D eigenvalue weighted by atomic mass is 32.2. The van der Waals surface area contributed by atoms with E-state index in [0.29, 0.717) is 11.5 Å². The number of nitrogens with zero attached hydrogens (tertiary/aromatic N) is 3. The maximum Gasteiger partial charge on any atom is 0.243 e. The van der Waals surface area contributed by atoms with E-state index in [0.717, 1.165) is 4.31 Å². The summed E-state index contributed by atoms with van der Waals surface area (Å²) in [4.78, 5) is 8.27. The average molecular weight is 322 g/mol. The molecule has 0 saturated carbocycles. The molecule has 0 bridgehead atoms. The summed E-state index contributed by atoms with van der Waals surface area (Å²) in [7, 11) is -2.20. The molecule has 0 aliphatic rings. The minimum atomic E-state index is -3.64. The van der Waals surface area contributed by atoms with Crippen LogP contribution in [0.3, 0.4) is 0 Å². The van der Waals surface area contributed by atoms with E-state index in [1.807, 2.05) is 0 Å². The van der Waals surface area contributed by atoms with Crippen LogP contribution in [0.25, 0.3) is 0 Å². The number of benzene rings is 1. The van der Waals surface area contributed by atoms with Gasteiger partial charge in [0.05, 0.1) is 11.5 Å². The molecular weight excluding hydrogens is 304 g/mol. The molecule has 0 amide bonds. The van der Waals surface area contributed by atoms with E-state index < -0.39 is 10.0 Å². The predicted octanol–water partition coefficient (Wildman–Crippen LogP) is 0.701. The summed E-state index contributed by atoms with van der Waals surface area (Å²) in [6, 6.07) is 8.42. The molecule has 2 aromatic rings. The Morgan fingerprint density at radius 3 is 2.55 bits per heavy atom. The van der Waals surface area contributed by atoms with Gasteiger partial charge in [-0.3, -0.25) is 0 Å². The van der Waals surface area contributed by atoms with Crippen molar-refractivity contribution in [2.75, 3.05) is 25.5 Å². The monoisotopic (exact) mass is 322 g/mol. The van der Waals surface area contributed by atoms with Gasteiger partial charge in [-0.05, 0) is 17.7 Å². The first-order valence-electron chi connectivity index (χ1n) is 6.71. The number of aromatic nitrogens is 2. The fourth-order valence-corrected chi connectivity index (χ4v) is 3.27. The number of sulfonamides is 1. The Bertz CT molecular complexity index is 707. The molecule has 1 heterocycles. The van der Waals surface area contributed by atoms with Gasteiger partial charge in [0.15, 0.2) is 0 Å². The average Bonchev–Trinajstić information content (AvgIpc) is 2.54. The molecule has 22 heavy (non-hydrogen) atoms. The number of nitrogens with one attached hydrogen (secondary N) is 1. The van der Waals surface area contributed by atoms with Crippen LogP contribution in [0.15, 0.2) is 47.6 Å². The van der Waals surface area contributed by atoms with Crippen LogP contribution >= 0.6 is 0 Å². The Kier molecular flexibility index (Phi) is 5.42. The third kappa shape index (κ3) is 3.79. The molecule has 0 aliphatic carbocycles. The molecule has 0 radical (unpaired) electrons. The molecule has 0 saturated heterocycles. The van der Waals surface area contributed by atoms with Gasteiger partial charge in [0.25, 0.3) is 0 Å². The minimum Gasteiger partial charge on any atom is -0.395 e. The fourth-order valence-electron chi connectivity index (χ4n) is 1.90. The van der Waals surface area contributed by atoms with E-state index in [-0.39, 0.29) is 24.6 Å². The normalized spacial score (nSPS) is 11.6. The zero-order chi connectivity index (χ0) is 16.0. The topological polar surface area (TPSA) is 95.4 Å². The Labute approximate surface area is 129 Å². The van der Waals surface area contributed by atoms with Gasteiger partial charge in [-0.2, -0.15) is 4.31 Å². The zero-order valence-corrected chi connectivity index (χ0v) is 13.0. The summed E-state index contributed by atoms with van der Waals surface area (Å²) < 4.78 is 26.1. The van der Waals surface area contributed by atoms with Crippen LogP contribution in [0.4, 0.5) is 5.95 Å². The van der Waals surface area contributed by atoms with E-state index >= 15 is 0 Å². The second-order valence-corrected chi connectivity index (χ2v) is 6.60. The number of aliphatic hydroxyl groups excluding tert-OH is 1. The molecule has 2 N–H and O–H groups in total. The van der Waals surface area contributed by atoms with Gasteiger partial charge in [-0.25, -0.2) is 18.4 Å². The Morgan fingerprint density at radius 1 is 1.18 bits per heavy atom. The predicted molar refractivity (Wildman–Crippen MR) is 82.7 cm³/mol. The number of likely N-dealkylation sites (N-methyl/N-ethyl adjacent to an activating group) is 1. The van der Waals surface area contributed by atoms with E-state index in [4.69, 9.17) is 5.11 Å². The molecule has 0 unspecified atom stereocenters. The molecule has 1 aromatic carbocycles. The summed E-state index contributed by atoms with van der Waals surface area (Å²) >= 11 is 0. The summed E-state index contributed by atoms with van der Waals surface area (Å²) in [5.74, 6) is 0.429. The molecule has 0 aliphatic heterocycles. The van der Waals surface area contributed by atoms with Crippen molar-refractivity contribution in [3.8, 4) is 0 Å². The van der Waals surface area contributed by atoms with Gasteiger partial charge < -0.3 is 10.4 Å². The van der Waals surface area contributed by atoms with Crippen LogP contribution in [0, 0.1) is 0 Å². The maximum atomic E-state index is 12.5. The number of hydrogen-bond donors (Lipinski definition) is 2. The van der Waals surface area contributed by atoms with Gasteiger partial charge in [-0.1, -0.05) is 18.2 Å². The van der Waals surface area contributed by atoms with Crippen LogP contribution < -0.4 is 5.32 Å². The highest BCUT2D eigenvalue weighted by Gasteiger charge is 2.23. The Hall–Kier alpha value is -2.03. The second-order valence-electron chi connectivity index (χ2n) is 4.58. The zero-order valence-electron chi connectivity index (χ0n) is 12.2. The number of rotatable bonds is 7. The third-order valence-corrected chi connectivity index (χ3v) is 5.04. The van der Waals surface area contributed by atoms with Gasteiger partial charge in [-0.15, -0.1) is 0 Å². The van der Waals surface area contributed by atoms with Crippen LogP contribution in [-0.4, -0.2) is 48.0 Å². The van der Waals surface area contributed by atoms with Crippen molar-refractivity contribution in [3.05, 3.63) is 48.3 Å². The molecule has 0 atom stereocenters.